The molecule has 0 unspecified atom stereocenters. The van der Waals surface area contributed by atoms with E-state index in [1.165, 1.54) is 32.3 Å². The van der Waals surface area contributed by atoms with Crippen molar-refractivity contribution >= 4 is 21.4 Å². The SMILES string of the molecule is C[NH+](C)CC(C)(C)CNc1ccc(S(=O)(=O)N2CC[NH+](C)CC2)cc1[N+](=O)[O-]. The molecule has 1 aromatic carbocycles. The van der Waals surface area contributed by atoms with Gasteiger partial charge in [0.25, 0.3) is 5.69 Å². The largest absolute Gasteiger partial charge is 0.379 e. The van der Waals surface area contributed by atoms with E-state index >= 15 is 0 Å². The molecule has 1 aromatic rings. The van der Waals surface area contributed by atoms with Gasteiger partial charge in [-0.1, -0.05) is 13.8 Å². The maximum atomic E-state index is 12.9. The van der Waals surface area contributed by atoms with Crippen molar-refractivity contribution in [3.8, 4) is 0 Å². The molecule has 0 aromatic heterocycles. The summed E-state index contributed by atoms with van der Waals surface area (Å²) in [7, 11) is 2.41. The van der Waals surface area contributed by atoms with Gasteiger partial charge in [-0.05, 0) is 12.1 Å². The number of nitrogens with one attached hydrogen (secondary N) is 3. The van der Waals surface area contributed by atoms with Crippen LogP contribution >= 0.6 is 0 Å². The Balaban J connectivity index is 2.24. The molecule has 1 aliphatic heterocycles. The molecule has 1 saturated heterocycles. The van der Waals surface area contributed by atoms with E-state index in [2.05, 4.69) is 33.3 Å². The Kier molecular flexibility index (Phi) is 7.02. The summed E-state index contributed by atoms with van der Waals surface area (Å²) in [4.78, 5) is 13.6. The zero-order chi connectivity index (χ0) is 21.1. The normalized spacial score (nSPS) is 17.1. The summed E-state index contributed by atoms with van der Waals surface area (Å²) in [6.07, 6.45) is 0. The number of piperazine rings is 1. The van der Waals surface area contributed by atoms with Crippen LogP contribution in [0.25, 0.3) is 0 Å². The average Bonchev–Trinajstić information content (AvgIpc) is 2.59. The summed E-state index contributed by atoms with van der Waals surface area (Å²) in [5.41, 5.74) is 0.0574. The highest BCUT2D eigenvalue weighted by Crippen LogP contribution is 2.30. The molecule has 0 aliphatic carbocycles. The van der Waals surface area contributed by atoms with Gasteiger partial charge in [0.1, 0.15) is 5.69 Å². The summed E-state index contributed by atoms with van der Waals surface area (Å²) in [6, 6.07) is 4.14. The first-order chi connectivity index (χ1) is 12.9. The lowest BCUT2D eigenvalue weighted by Gasteiger charge is -2.29. The highest BCUT2D eigenvalue weighted by Gasteiger charge is 2.31. The molecule has 1 aliphatic rings. The quantitative estimate of drug-likeness (QED) is 0.362. The van der Waals surface area contributed by atoms with Crippen molar-refractivity contribution in [3.63, 3.8) is 0 Å². The molecule has 1 fully saturated rings. The second-order valence-electron chi connectivity index (χ2n) is 8.70. The molecule has 0 spiro atoms. The molecular weight excluding hydrogens is 382 g/mol. The number of anilines is 1. The van der Waals surface area contributed by atoms with E-state index in [0.717, 1.165) is 19.6 Å². The van der Waals surface area contributed by atoms with E-state index in [1.807, 2.05) is 7.05 Å². The maximum absolute atomic E-state index is 12.9. The van der Waals surface area contributed by atoms with Gasteiger partial charge in [0.05, 0.1) is 63.7 Å². The van der Waals surface area contributed by atoms with Gasteiger partial charge >= 0.3 is 0 Å². The number of nitrogens with zero attached hydrogens (tertiary/aromatic N) is 2. The Morgan fingerprint density at radius 1 is 1.29 bits per heavy atom. The molecule has 0 saturated carbocycles. The van der Waals surface area contributed by atoms with Crippen molar-refractivity contribution in [1.82, 2.24) is 4.31 Å². The van der Waals surface area contributed by atoms with Gasteiger partial charge in [-0.2, -0.15) is 4.31 Å². The summed E-state index contributed by atoms with van der Waals surface area (Å²) in [6.45, 7) is 7.91. The van der Waals surface area contributed by atoms with Crippen molar-refractivity contribution in [3.05, 3.63) is 28.3 Å². The second kappa shape index (κ2) is 8.73. The molecule has 9 nitrogen and oxygen atoms in total. The number of sulfonamides is 1. The van der Waals surface area contributed by atoms with Gasteiger partial charge in [-0.25, -0.2) is 8.42 Å². The molecule has 1 heterocycles. The summed E-state index contributed by atoms with van der Waals surface area (Å²) < 4.78 is 27.2. The molecule has 0 amide bonds. The lowest BCUT2D eigenvalue weighted by molar-refractivity contribution is -0.883. The summed E-state index contributed by atoms with van der Waals surface area (Å²) >= 11 is 0. The number of benzene rings is 1. The number of rotatable bonds is 8. The van der Waals surface area contributed by atoms with Crippen LogP contribution in [-0.4, -0.2) is 78.1 Å². The van der Waals surface area contributed by atoms with Crippen LogP contribution in [0.5, 0.6) is 0 Å². The fourth-order valence-corrected chi connectivity index (χ4v) is 5.05. The lowest BCUT2D eigenvalue weighted by atomic mass is 9.93. The zero-order valence-electron chi connectivity index (χ0n) is 17.4. The molecule has 28 heavy (non-hydrogen) atoms. The van der Waals surface area contributed by atoms with Crippen LogP contribution in [-0.2, 0) is 10.0 Å². The van der Waals surface area contributed by atoms with E-state index in [-0.39, 0.29) is 16.0 Å². The minimum atomic E-state index is -3.73. The highest BCUT2D eigenvalue weighted by molar-refractivity contribution is 7.89. The van der Waals surface area contributed by atoms with E-state index in [1.54, 1.807) is 0 Å². The Bertz CT molecular complexity index is 802. The number of quaternary nitrogens is 2. The Morgan fingerprint density at radius 3 is 2.43 bits per heavy atom. The standard InChI is InChI=1S/C18H31N5O4S/c1-18(2,14-20(3)4)13-19-16-7-6-15(12-17(16)23(24)25)28(26,27)22-10-8-21(5)9-11-22/h6-7,12,19H,8-11,13-14H2,1-5H3/p+2. The molecule has 2 rings (SSSR count). The highest BCUT2D eigenvalue weighted by atomic mass is 32.2. The third-order valence-electron chi connectivity index (χ3n) is 4.97. The summed E-state index contributed by atoms with van der Waals surface area (Å²) in [5, 5.41) is 14.7. The number of likely N-dealkylation sites (N-methyl/N-ethyl adjacent to an activating group) is 1. The van der Waals surface area contributed by atoms with Crippen LogP contribution in [0.3, 0.4) is 0 Å². The van der Waals surface area contributed by atoms with Crippen LogP contribution in [0.1, 0.15) is 13.8 Å². The third kappa shape index (κ3) is 5.63. The van der Waals surface area contributed by atoms with Gasteiger partial charge in [-0.3, -0.25) is 10.1 Å². The Morgan fingerprint density at radius 2 is 1.89 bits per heavy atom. The third-order valence-corrected chi connectivity index (χ3v) is 6.86. The van der Waals surface area contributed by atoms with Crippen molar-refractivity contribution < 1.29 is 23.1 Å². The van der Waals surface area contributed by atoms with E-state index in [9.17, 15) is 18.5 Å². The molecule has 10 heteroatoms. The molecule has 0 radical (unpaired) electrons. The fourth-order valence-electron chi connectivity index (χ4n) is 3.58. The zero-order valence-corrected chi connectivity index (χ0v) is 18.2. The first-order valence-corrected chi connectivity index (χ1v) is 11.0. The van der Waals surface area contributed by atoms with Gasteiger partial charge in [0.2, 0.25) is 10.0 Å². The van der Waals surface area contributed by atoms with Crippen LogP contribution < -0.4 is 15.1 Å². The van der Waals surface area contributed by atoms with Crippen molar-refractivity contribution in [1.29, 1.82) is 0 Å². The predicted octanol–water partition coefficient (Wildman–Crippen LogP) is -1.30. The molecule has 0 atom stereocenters. The van der Waals surface area contributed by atoms with Crippen molar-refractivity contribution in [2.45, 2.75) is 18.7 Å². The number of nitro groups is 1. The van der Waals surface area contributed by atoms with Gasteiger partial charge in [-0.15, -0.1) is 0 Å². The number of hydrogen-bond donors (Lipinski definition) is 3. The second-order valence-corrected chi connectivity index (χ2v) is 10.6. The molecule has 158 valence electrons. The number of nitro benzene ring substituents is 1. The van der Waals surface area contributed by atoms with Gasteiger partial charge in [0, 0.05) is 18.0 Å². The number of hydrogen-bond acceptors (Lipinski definition) is 5. The van der Waals surface area contributed by atoms with E-state index in [4.69, 9.17) is 0 Å². The summed E-state index contributed by atoms with van der Waals surface area (Å²) in [5.74, 6) is 0. The topological polar surface area (TPSA) is 101 Å². The van der Waals surface area contributed by atoms with Crippen molar-refractivity contribution in [2.75, 3.05) is 65.7 Å². The van der Waals surface area contributed by atoms with Crippen molar-refractivity contribution in [2.24, 2.45) is 5.41 Å². The lowest BCUT2D eigenvalue weighted by Crippen LogP contribution is -3.12. The van der Waals surface area contributed by atoms with Crippen LogP contribution in [0.15, 0.2) is 23.1 Å². The molecule has 3 N–H and O–H groups in total. The average molecular weight is 416 g/mol. The maximum Gasteiger partial charge on any atom is 0.293 e. The molecular formula is C18H33N5O4S+2. The van der Waals surface area contributed by atoms with E-state index in [0.29, 0.717) is 25.3 Å². The van der Waals surface area contributed by atoms with Crippen LogP contribution in [0, 0.1) is 15.5 Å². The minimum Gasteiger partial charge on any atom is -0.379 e. The Labute approximate surface area is 167 Å². The van der Waals surface area contributed by atoms with Crippen LogP contribution in [0.4, 0.5) is 11.4 Å². The van der Waals surface area contributed by atoms with E-state index < -0.39 is 14.9 Å². The van der Waals surface area contributed by atoms with Gasteiger partial charge < -0.3 is 15.1 Å². The van der Waals surface area contributed by atoms with Gasteiger partial charge in [0.15, 0.2) is 0 Å². The first-order valence-electron chi connectivity index (χ1n) is 9.55. The first kappa shape index (κ1) is 22.5. The van der Waals surface area contributed by atoms with Crippen LogP contribution in [0.2, 0.25) is 0 Å². The minimum absolute atomic E-state index is 0.0266. The molecule has 0 bridgehead atoms. The predicted molar refractivity (Wildman–Crippen MR) is 108 cm³/mol. The smallest absolute Gasteiger partial charge is 0.293 e. The Hall–Kier alpha value is -1.75. The monoisotopic (exact) mass is 415 g/mol. The fraction of sp³-hybridized carbons (Fsp3) is 0.667.